The first-order chi connectivity index (χ1) is 8.19. The Kier molecular flexibility index (Phi) is 3.81. The predicted molar refractivity (Wildman–Crippen MR) is 66.3 cm³/mol. The third-order valence-corrected chi connectivity index (χ3v) is 3.26. The highest BCUT2D eigenvalue weighted by molar-refractivity contribution is 7.11. The molecule has 2 heterocycles. The van der Waals surface area contributed by atoms with Gasteiger partial charge in [-0.15, -0.1) is 22.9 Å². The lowest BCUT2D eigenvalue weighted by Crippen LogP contribution is -2.22. The first kappa shape index (κ1) is 12.1. The summed E-state index contributed by atoms with van der Waals surface area (Å²) in [7, 11) is 0. The Labute approximate surface area is 108 Å². The number of rotatable bonds is 4. The Balaban J connectivity index is 1.93. The lowest BCUT2D eigenvalue weighted by Gasteiger charge is -1.99. The number of nitrogens with one attached hydrogen (secondary N) is 1. The van der Waals surface area contributed by atoms with Crippen LogP contribution in [0, 0.1) is 6.92 Å². The minimum atomic E-state index is -0.255. The molecule has 1 amide bonds. The average molecular weight is 271 g/mol. The van der Waals surface area contributed by atoms with E-state index in [4.69, 9.17) is 16.0 Å². The van der Waals surface area contributed by atoms with Crippen molar-refractivity contribution in [2.45, 2.75) is 19.3 Å². The maximum atomic E-state index is 11.7. The van der Waals surface area contributed by atoms with Crippen LogP contribution in [0.4, 0.5) is 0 Å². The van der Waals surface area contributed by atoms with E-state index in [0.717, 1.165) is 9.88 Å². The zero-order valence-electron chi connectivity index (χ0n) is 9.20. The van der Waals surface area contributed by atoms with E-state index in [1.807, 2.05) is 6.92 Å². The van der Waals surface area contributed by atoms with Gasteiger partial charge in [-0.2, -0.15) is 0 Å². The number of furan rings is 1. The number of aryl methyl sites for hydroxylation is 1. The highest BCUT2D eigenvalue weighted by Gasteiger charge is 2.11. The molecule has 0 radical (unpaired) electrons. The SMILES string of the molecule is Cc1cnc(CNC(=O)c2ccc(CCl)o2)s1. The van der Waals surface area contributed by atoms with Crippen LogP contribution in [0.3, 0.4) is 0 Å². The lowest BCUT2D eigenvalue weighted by atomic mass is 10.4. The Morgan fingerprint density at radius 2 is 2.41 bits per heavy atom. The van der Waals surface area contributed by atoms with Crippen LogP contribution >= 0.6 is 22.9 Å². The summed E-state index contributed by atoms with van der Waals surface area (Å²) in [6.07, 6.45) is 1.78. The maximum absolute atomic E-state index is 11.7. The Bertz CT molecular complexity index is 521. The van der Waals surface area contributed by atoms with Crippen LogP contribution in [0.15, 0.2) is 22.7 Å². The standard InChI is InChI=1S/C11H11ClN2O2S/c1-7-5-13-10(17-7)6-14-11(15)9-3-2-8(4-12)16-9/h2-3,5H,4,6H2,1H3,(H,14,15). The Morgan fingerprint density at radius 3 is 3.00 bits per heavy atom. The van der Waals surface area contributed by atoms with Crippen LogP contribution < -0.4 is 5.32 Å². The van der Waals surface area contributed by atoms with Crippen LogP contribution in [-0.2, 0) is 12.4 Å². The van der Waals surface area contributed by atoms with Gasteiger partial charge in [-0.3, -0.25) is 4.79 Å². The molecule has 0 aliphatic heterocycles. The van der Waals surface area contributed by atoms with E-state index in [0.29, 0.717) is 12.3 Å². The monoisotopic (exact) mass is 270 g/mol. The van der Waals surface area contributed by atoms with Crippen LogP contribution in [0.5, 0.6) is 0 Å². The van der Waals surface area contributed by atoms with Gasteiger partial charge in [0.25, 0.3) is 5.91 Å². The summed E-state index contributed by atoms with van der Waals surface area (Å²) in [6.45, 7) is 2.39. The molecule has 17 heavy (non-hydrogen) atoms. The number of hydrogen-bond donors (Lipinski definition) is 1. The number of nitrogens with zero attached hydrogens (tertiary/aromatic N) is 1. The molecule has 0 aliphatic carbocycles. The highest BCUT2D eigenvalue weighted by atomic mass is 35.5. The van der Waals surface area contributed by atoms with Gasteiger partial charge >= 0.3 is 0 Å². The second kappa shape index (κ2) is 5.33. The van der Waals surface area contributed by atoms with E-state index in [2.05, 4.69) is 10.3 Å². The van der Waals surface area contributed by atoms with E-state index in [9.17, 15) is 4.79 Å². The van der Waals surface area contributed by atoms with E-state index >= 15 is 0 Å². The number of alkyl halides is 1. The molecule has 0 saturated heterocycles. The van der Waals surface area contributed by atoms with Crippen molar-refractivity contribution in [2.75, 3.05) is 0 Å². The minimum absolute atomic E-state index is 0.255. The van der Waals surface area contributed by atoms with Gasteiger partial charge in [-0.25, -0.2) is 4.98 Å². The Morgan fingerprint density at radius 1 is 1.59 bits per heavy atom. The number of thiazole rings is 1. The van der Waals surface area contributed by atoms with Crippen molar-refractivity contribution in [3.8, 4) is 0 Å². The summed E-state index contributed by atoms with van der Waals surface area (Å²) in [5.74, 6) is 0.865. The predicted octanol–water partition coefficient (Wildman–Crippen LogP) is 2.71. The van der Waals surface area contributed by atoms with Crippen molar-refractivity contribution < 1.29 is 9.21 Å². The highest BCUT2D eigenvalue weighted by Crippen LogP contribution is 2.12. The first-order valence-corrected chi connectivity index (χ1v) is 6.38. The summed E-state index contributed by atoms with van der Waals surface area (Å²) in [5, 5.41) is 3.61. The zero-order valence-corrected chi connectivity index (χ0v) is 10.8. The number of halogens is 1. The van der Waals surface area contributed by atoms with Crippen molar-refractivity contribution in [3.05, 3.63) is 39.7 Å². The normalized spacial score (nSPS) is 10.5. The van der Waals surface area contributed by atoms with Gasteiger partial charge in [-0.05, 0) is 19.1 Å². The van der Waals surface area contributed by atoms with Gasteiger partial charge in [0.1, 0.15) is 10.8 Å². The molecule has 2 aromatic rings. The summed E-state index contributed by atoms with van der Waals surface area (Å²) in [6, 6.07) is 3.30. The largest absolute Gasteiger partial charge is 0.455 e. The summed E-state index contributed by atoms with van der Waals surface area (Å²) in [5.41, 5.74) is 0. The van der Waals surface area contributed by atoms with Gasteiger partial charge in [0.2, 0.25) is 0 Å². The third kappa shape index (κ3) is 3.08. The van der Waals surface area contributed by atoms with E-state index < -0.39 is 0 Å². The van der Waals surface area contributed by atoms with Crippen molar-refractivity contribution in [1.29, 1.82) is 0 Å². The van der Waals surface area contributed by atoms with Gasteiger partial charge in [0.05, 0.1) is 12.4 Å². The summed E-state index contributed by atoms with van der Waals surface area (Å²) in [4.78, 5) is 17.0. The number of aromatic nitrogens is 1. The lowest BCUT2D eigenvalue weighted by molar-refractivity contribution is 0.0921. The molecule has 4 nitrogen and oxygen atoms in total. The first-order valence-electron chi connectivity index (χ1n) is 5.03. The molecular weight excluding hydrogens is 260 g/mol. The molecule has 0 atom stereocenters. The molecule has 0 unspecified atom stereocenters. The van der Waals surface area contributed by atoms with Crippen LogP contribution in [0.25, 0.3) is 0 Å². The van der Waals surface area contributed by atoms with Gasteiger partial charge in [-0.1, -0.05) is 0 Å². The fourth-order valence-electron chi connectivity index (χ4n) is 1.30. The van der Waals surface area contributed by atoms with Crippen molar-refractivity contribution in [1.82, 2.24) is 10.3 Å². The van der Waals surface area contributed by atoms with Crippen LogP contribution in [0.1, 0.15) is 26.2 Å². The van der Waals surface area contributed by atoms with Crippen LogP contribution in [0.2, 0.25) is 0 Å². The van der Waals surface area contributed by atoms with E-state index in [1.165, 1.54) is 0 Å². The zero-order chi connectivity index (χ0) is 12.3. The molecule has 0 fully saturated rings. The molecule has 0 aliphatic rings. The number of carbonyl (C=O) groups is 1. The Hall–Kier alpha value is -1.33. The van der Waals surface area contributed by atoms with Gasteiger partial charge in [0.15, 0.2) is 5.76 Å². The molecule has 0 spiro atoms. The molecular formula is C11H11ClN2O2S. The average Bonchev–Trinajstić information content (AvgIpc) is 2.94. The summed E-state index contributed by atoms with van der Waals surface area (Å²) >= 11 is 7.14. The second-order valence-electron chi connectivity index (χ2n) is 3.45. The van der Waals surface area contributed by atoms with Crippen molar-refractivity contribution >= 4 is 28.8 Å². The van der Waals surface area contributed by atoms with Crippen LogP contribution in [-0.4, -0.2) is 10.9 Å². The van der Waals surface area contributed by atoms with Gasteiger partial charge < -0.3 is 9.73 Å². The van der Waals surface area contributed by atoms with E-state index in [1.54, 1.807) is 29.7 Å². The molecule has 0 bridgehead atoms. The molecule has 0 saturated carbocycles. The topological polar surface area (TPSA) is 55.1 Å². The third-order valence-electron chi connectivity index (χ3n) is 2.09. The molecule has 6 heteroatoms. The molecule has 1 N–H and O–H groups in total. The smallest absolute Gasteiger partial charge is 0.287 e. The molecule has 90 valence electrons. The fourth-order valence-corrected chi connectivity index (χ4v) is 2.17. The molecule has 0 aromatic carbocycles. The quantitative estimate of drug-likeness (QED) is 0.869. The molecule has 2 rings (SSSR count). The fraction of sp³-hybridized carbons (Fsp3) is 0.273. The van der Waals surface area contributed by atoms with E-state index in [-0.39, 0.29) is 17.5 Å². The number of carbonyl (C=O) groups excluding carboxylic acids is 1. The van der Waals surface area contributed by atoms with Crippen molar-refractivity contribution in [2.24, 2.45) is 0 Å². The van der Waals surface area contributed by atoms with Gasteiger partial charge in [0, 0.05) is 11.1 Å². The number of hydrogen-bond acceptors (Lipinski definition) is 4. The molecule has 2 aromatic heterocycles. The number of amides is 1. The second-order valence-corrected chi connectivity index (χ2v) is 5.03. The van der Waals surface area contributed by atoms with Crippen molar-refractivity contribution in [3.63, 3.8) is 0 Å². The summed E-state index contributed by atoms with van der Waals surface area (Å²) < 4.78 is 5.23. The maximum Gasteiger partial charge on any atom is 0.287 e. The minimum Gasteiger partial charge on any atom is -0.455 e.